The summed E-state index contributed by atoms with van der Waals surface area (Å²) in [6.45, 7) is 1.82. The molecule has 4 rings (SSSR count). The highest BCUT2D eigenvalue weighted by atomic mass is 32.2. The van der Waals surface area contributed by atoms with Crippen molar-refractivity contribution in [3.05, 3.63) is 46.4 Å². The smallest absolute Gasteiger partial charge is 0.285 e. The molecule has 0 atom stereocenters. The Morgan fingerprint density at radius 3 is 2.78 bits per heavy atom. The van der Waals surface area contributed by atoms with Crippen LogP contribution in [0, 0.1) is 5.92 Å². The minimum Gasteiger partial charge on any atom is -0.355 e. The normalized spacial score (nSPS) is 18.8. The number of sulfonamides is 1. The third-order valence-electron chi connectivity index (χ3n) is 4.90. The molecule has 2 aromatic rings. The van der Waals surface area contributed by atoms with Crippen molar-refractivity contribution in [3.63, 3.8) is 0 Å². The second-order valence-corrected chi connectivity index (χ2v) is 9.17. The van der Waals surface area contributed by atoms with Crippen molar-refractivity contribution >= 4 is 33.1 Å². The zero-order valence-electron chi connectivity index (χ0n) is 14.7. The average molecular weight is 405 g/mol. The molecule has 0 radical (unpaired) electrons. The number of thiazole rings is 1. The highest BCUT2D eigenvalue weighted by molar-refractivity contribution is 7.90. The lowest BCUT2D eigenvalue weighted by atomic mass is 9.95. The Morgan fingerprint density at radius 2 is 2.04 bits per heavy atom. The number of benzene rings is 1. The summed E-state index contributed by atoms with van der Waals surface area (Å²) in [6, 6.07) is 6.90. The number of carbonyl (C=O) groups excluding carboxylic acids is 1. The Kier molecular flexibility index (Phi) is 4.96. The summed E-state index contributed by atoms with van der Waals surface area (Å²) in [5.74, 6) is 0.521. The summed E-state index contributed by atoms with van der Waals surface area (Å²) in [5, 5.41) is 5.93. The van der Waals surface area contributed by atoms with E-state index in [2.05, 4.69) is 14.7 Å². The quantitative estimate of drug-likeness (QED) is 0.837. The minimum atomic E-state index is -3.61. The Hall–Kier alpha value is -2.26. The molecule has 2 aliphatic rings. The van der Waals surface area contributed by atoms with Crippen LogP contribution in [0.4, 0.5) is 0 Å². The van der Waals surface area contributed by atoms with Crippen LogP contribution in [0.25, 0.3) is 0 Å². The molecule has 1 saturated heterocycles. The average Bonchev–Trinajstić information content (AvgIpc) is 3.28. The van der Waals surface area contributed by atoms with Crippen LogP contribution in [-0.4, -0.2) is 49.7 Å². The Balaban J connectivity index is 1.33. The van der Waals surface area contributed by atoms with Crippen LogP contribution in [0.15, 0.2) is 45.1 Å². The first-order valence-corrected chi connectivity index (χ1v) is 11.2. The number of aromatic nitrogens is 1. The van der Waals surface area contributed by atoms with Crippen LogP contribution in [0.2, 0.25) is 0 Å². The van der Waals surface area contributed by atoms with Crippen molar-refractivity contribution in [3.8, 4) is 0 Å². The van der Waals surface area contributed by atoms with Gasteiger partial charge in [-0.3, -0.25) is 4.79 Å². The standard InChI is InChI=1S/C18H20N4O3S2/c23-18(20-8-5-16-19-9-12-26-16)13-6-10-22(11-7-13)17-14-3-1-2-4-15(14)27(24,25)21-17/h1-4,9,12-13H,5-8,10-11H2,(H,20,23). The lowest BCUT2D eigenvalue weighted by Crippen LogP contribution is -2.43. The molecule has 1 N–H and O–H groups in total. The van der Waals surface area contributed by atoms with E-state index in [1.54, 1.807) is 35.7 Å². The molecule has 7 nitrogen and oxygen atoms in total. The van der Waals surface area contributed by atoms with E-state index in [4.69, 9.17) is 0 Å². The molecule has 2 aliphatic heterocycles. The largest absolute Gasteiger partial charge is 0.355 e. The van der Waals surface area contributed by atoms with Crippen molar-refractivity contribution in [2.24, 2.45) is 10.3 Å². The Morgan fingerprint density at radius 1 is 1.26 bits per heavy atom. The second-order valence-electron chi connectivity index (χ2n) is 6.61. The second kappa shape index (κ2) is 7.40. The van der Waals surface area contributed by atoms with Crippen molar-refractivity contribution in [1.29, 1.82) is 0 Å². The SMILES string of the molecule is O=C(NCCc1nccs1)C1CCN(C2=NS(=O)(=O)c3ccccc32)CC1. The number of likely N-dealkylation sites (tertiary alicyclic amines) is 1. The third-order valence-corrected chi connectivity index (χ3v) is 7.06. The van der Waals surface area contributed by atoms with Gasteiger partial charge in [0, 0.05) is 49.1 Å². The lowest BCUT2D eigenvalue weighted by molar-refractivity contribution is -0.126. The number of nitrogens with zero attached hydrogens (tertiary/aromatic N) is 3. The van der Waals surface area contributed by atoms with Crippen LogP contribution in [0.3, 0.4) is 0 Å². The van der Waals surface area contributed by atoms with Gasteiger partial charge in [0.1, 0.15) is 4.90 Å². The van der Waals surface area contributed by atoms with Crippen LogP contribution in [-0.2, 0) is 21.2 Å². The van der Waals surface area contributed by atoms with E-state index in [-0.39, 0.29) is 16.7 Å². The number of nitrogens with one attached hydrogen (secondary N) is 1. The Bertz CT molecular complexity index is 962. The molecule has 1 aromatic carbocycles. The monoisotopic (exact) mass is 404 g/mol. The van der Waals surface area contributed by atoms with Gasteiger partial charge in [0.15, 0.2) is 5.84 Å². The molecule has 0 saturated carbocycles. The van der Waals surface area contributed by atoms with E-state index < -0.39 is 10.0 Å². The zero-order chi connectivity index (χ0) is 18.9. The van der Waals surface area contributed by atoms with Gasteiger partial charge >= 0.3 is 0 Å². The van der Waals surface area contributed by atoms with Crippen molar-refractivity contribution in [2.75, 3.05) is 19.6 Å². The first kappa shape index (κ1) is 18.1. The predicted molar refractivity (Wildman–Crippen MR) is 103 cm³/mol. The van der Waals surface area contributed by atoms with Gasteiger partial charge in [-0.2, -0.15) is 8.42 Å². The molecule has 142 valence electrons. The minimum absolute atomic E-state index is 0.0496. The molecule has 3 heterocycles. The highest BCUT2D eigenvalue weighted by Crippen LogP contribution is 2.29. The van der Waals surface area contributed by atoms with E-state index in [0.717, 1.165) is 11.4 Å². The maximum Gasteiger partial charge on any atom is 0.285 e. The van der Waals surface area contributed by atoms with Crippen molar-refractivity contribution in [2.45, 2.75) is 24.2 Å². The van der Waals surface area contributed by atoms with Gasteiger partial charge in [0.2, 0.25) is 5.91 Å². The topological polar surface area (TPSA) is 91.7 Å². The van der Waals surface area contributed by atoms with Gasteiger partial charge in [0.25, 0.3) is 10.0 Å². The number of hydrogen-bond donors (Lipinski definition) is 1. The maximum absolute atomic E-state index is 12.4. The van der Waals surface area contributed by atoms with E-state index >= 15 is 0 Å². The summed E-state index contributed by atoms with van der Waals surface area (Å²) >= 11 is 1.59. The highest BCUT2D eigenvalue weighted by Gasteiger charge is 2.34. The van der Waals surface area contributed by atoms with Gasteiger partial charge in [-0.15, -0.1) is 15.7 Å². The van der Waals surface area contributed by atoms with Crippen LogP contribution >= 0.6 is 11.3 Å². The van der Waals surface area contributed by atoms with Gasteiger partial charge in [-0.25, -0.2) is 4.98 Å². The summed E-state index contributed by atoms with van der Waals surface area (Å²) in [5.41, 5.74) is 0.656. The first-order chi connectivity index (χ1) is 13.0. The molecule has 1 aromatic heterocycles. The molecule has 0 spiro atoms. The van der Waals surface area contributed by atoms with E-state index in [9.17, 15) is 13.2 Å². The van der Waals surface area contributed by atoms with Crippen molar-refractivity contribution < 1.29 is 13.2 Å². The van der Waals surface area contributed by atoms with Crippen LogP contribution in [0.5, 0.6) is 0 Å². The fourth-order valence-corrected chi connectivity index (χ4v) is 5.33. The number of rotatable bonds is 4. The van der Waals surface area contributed by atoms with Crippen LogP contribution in [0.1, 0.15) is 23.4 Å². The first-order valence-electron chi connectivity index (χ1n) is 8.90. The summed E-state index contributed by atoms with van der Waals surface area (Å²) in [4.78, 5) is 18.8. The molecule has 0 aliphatic carbocycles. The molecule has 0 unspecified atom stereocenters. The van der Waals surface area contributed by atoms with E-state index in [0.29, 0.717) is 43.9 Å². The van der Waals surface area contributed by atoms with E-state index in [1.807, 2.05) is 16.3 Å². The third kappa shape index (κ3) is 3.74. The summed E-state index contributed by atoms with van der Waals surface area (Å²) in [7, 11) is -3.61. The number of carbonyl (C=O) groups is 1. The number of amides is 1. The molecule has 27 heavy (non-hydrogen) atoms. The molecule has 1 amide bonds. The fourth-order valence-electron chi connectivity index (χ4n) is 3.48. The number of fused-ring (bicyclic) bond motifs is 1. The van der Waals surface area contributed by atoms with Crippen molar-refractivity contribution in [1.82, 2.24) is 15.2 Å². The van der Waals surface area contributed by atoms with Crippen LogP contribution < -0.4 is 5.32 Å². The maximum atomic E-state index is 12.4. The summed E-state index contributed by atoms with van der Waals surface area (Å²) in [6.07, 6.45) is 3.88. The molecule has 0 bridgehead atoms. The van der Waals surface area contributed by atoms with Gasteiger partial charge < -0.3 is 10.2 Å². The van der Waals surface area contributed by atoms with Gasteiger partial charge in [-0.05, 0) is 25.0 Å². The number of hydrogen-bond acceptors (Lipinski definition) is 6. The molecule has 9 heteroatoms. The van der Waals surface area contributed by atoms with E-state index in [1.165, 1.54) is 0 Å². The number of piperidine rings is 1. The zero-order valence-corrected chi connectivity index (χ0v) is 16.3. The molecular formula is C18H20N4O3S2. The van der Waals surface area contributed by atoms with Gasteiger partial charge in [0.05, 0.1) is 5.01 Å². The fraction of sp³-hybridized carbons (Fsp3) is 0.389. The molecule has 1 fully saturated rings. The predicted octanol–water partition coefficient (Wildman–Crippen LogP) is 1.66. The summed E-state index contributed by atoms with van der Waals surface area (Å²) < 4.78 is 28.4. The Labute approximate surface area is 162 Å². The molecular weight excluding hydrogens is 384 g/mol. The number of amidine groups is 1. The van der Waals surface area contributed by atoms with Gasteiger partial charge in [-0.1, -0.05) is 12.1 Å². The lowest BCUT2D eigenvalue weighted by Gasteiger charge is -2.32.